The van der Waals surface area contributed by atoms with E-state index in [-0.39, 0.29) is 29.8 Å². The first kappa shape index (κ1) is 16.3. The fourth-order valence-corrected chi connectivity index (χ4v) is 2.41. The third-order valence-electron chi connectivity index (χ3n) is 2.90. The van der Waals surface area contributed by atoms with Gasteiger partial charge in [-0.3, -0.25) is 9.59 Å². The lowest BCUT2D eigenvalue weighted by Gasteiger charge is -2.07. The fraction of sp³-hybridized carbons (Fsp3) is 0.312. The minimum Gasteiger partial charge on any atom is -0.460 e. The largest absolute Gasteiger partial charge is 0.460 e. The predicted octanol–water partition coefficient (Wildman–Crippen LogP) is 2.73. The molecule has 116 valence electrons. The first-order valence-corrected chi connectivity index (χ1v) is 7.97. The number of esters is 1. The summed E-state index contributed by atoms with van der Waals surface area (Å²) in [7, 11) is 0. The highest BCUT2D eigenvalue weighted by atomic mass is 32.2. The van der Waals surface area contributed by atoms with E-state index in [2.05, 4.69) is 9.97 Å². The zero-order chi connectivity index (χ0) is 15.9. The number of thioether (sulfide) groups is 1. The maximum absolute atomic E-state index is 11.7. The molecular formula is C16H18N2O3S. The van der Waals surface area contributed by atoms with E-state index < -0.39 is 0 Å². The fourth-order valence-electron chi connectivity index (χ4n) is 1.72. The third kappa shape index (κ3) is 5.04. The van der Waals surface area contributed by atoms with Gasteiger partial charge in [-0.15, -0.1) is 0 Å². The van der Waals surface area contributed by atoms with Crippen molar-refractivity contribution < 1.29 is 9.53 Å². The molecule has 1 aromatic heterocycles. The van der Waals surface area contributed by atoms with Gasteiger partial charge in [0.2, 0.25) is 0 Å². The molecule has 2 aromatic rings. The number of benzene rings is 1. The van der Waals surface area contributed by atoms with Crippen molar-refractivity contribution in [2.24, 2.45) is 0 Å². The van der Waals surface area contributed by atoms with Crippen LogP contribution in [0.2, 0.25) is 0 Å². The summed E-state index contributed by atoms with van der Waals surface area (Å²) in [6.45, 7) is 4.17. The molecule has 1 aromatic carbocycles. The molecular weight excluding hydrogens is 300 g/mol. The quantitative estimate of drug-likeness (QED) is 0.504. The van der Waals surface area contributed by atoms with Crippen LogP contribution in [0.15, 0.2) is 46.3 Å². The van der Waals surface area contributed by atoms with E-state index in [1.54, 1.807) is 0 Å². The SMILES string of the molecule is CC(C)c1cc(=O)[nH]c(SCC(=O)OCc2ccccc2)n1. The van der Waals surface area contributed by atoms with Crippen LogP contribution < -0.4 is 5.56 Å². The van der Waals surface area contributed by atoms with Crippen LogP contribution in [-0.4, -0.2) is 21.7 Å². The average Bonchev–Trinajstić information content (AvgIpc) is 2.51. The third-order valence-corrected chi connectivity index (χ3v) is 3.75. The predicted molar refractivity (Wildman–Crippen MR) is 85.9 cm³/mol. The Morgan fingerprint density at radius 2 is 2.05 bits per heavy atom. The van der Waals surface area contributed by atoms with Gasteiger partial charge in [-0.25, -0.2) is 4.98 Å². The second-order valence-electron chi connectivity index (χ2n) is 5.07. The van der Waals surface area contributed by atoms with E-state index in [9.17, 15) is 9.59 Å². The number of carbonyl (C=O) groups excluding carboxylic acids is 1. The van der Waals surface area contributed by atoms with E-state index in [1.807, 2.05) is 44.2 Å². The molecule has 1 N–H and O–H groups in total. The minimum absolute atomic E-state index is 0.108. The van der Waals surface area contributed by atoms with Crippen LogP contribution in [-0.2, 0) is 16.1 Å². The minimum atomic E-state index is -0.341. The monoisotopic (exact) mass is 318 g/mol. The Labute approximate surface area is 133 Å². The number of aromatic nitrogens is 2. The molecule has 6 heteroatoms. The van der Waals surface area contributed by atoms with Gasteiger partial charge in [0, 0.05) is 6.07 Å². The molecule has 0 aliphatic carbocycles. The summed E-state index contributed by atoms with van der Waals surface area (Å²) < 4.78 is 5.18. The summed E-state index contributed by atoms with van der Waals surface area (Å²) in [6, 6.07) is 11.0. The normalized spacial score (nSPS) is 10.7. The molecule has 1 heterocycles. The molecule has 0 aliphatic rings. The number of hydrogen-bond donors (Lipinski definition) is 1. The summed E-state index contributed by atoms with van der Waals surface area (Å²) in [4.78, 5) is 30.2. The van der Waals surface area contributed by atoms with Crippen molar-refractivity contribution in [2.75, 3.05) is 5.75 Å². The van der Waals surface area contributed by atoms with E-state index >= 15 is 0 Å². The summed E-state index contributed by atoms with van der Waals surface area (Å²) in [5, 5.41) is 0.438. The van der Waals surface area contributed by atoms with Crippen LogP contribution in [0.4, 0.5) is 0 Å². The Morgan fingerprint density at radius 1 is 1.32 bits per heavy atom. The van der Waals surface area contributed by atoms with Crippen molar-refractivity contribution in [3.63, 3.8) is 0 Å². The van der Waals surface area contributed by atoms with Crippen LogP contribution in [0, 0.1) is 0 Å². The molecule has 0 radical (unpaired) electrons. The van der Waals surface area contributed by atoms with Gasteiger partial charge >= 0.3 is 5.97 Å². The average molecular weight is 318 g/mol. The number of ether oxygens (including phenoxy) is 1. The Balaban J connectivity index is 1.87. The Hall–Kier alpha value is -2.08. The summed E-state index contributed by atoms with van der Waals surface area (Å²) in [5.74, 6) is -0.0738. The second-order valence-corrected chi connectivity index (χ2v) is 6.03. The molecule has 0 saturated heterocycles. The standard InChI is InChI=1S/C16H18N2O3S/c1-11(2)13-8-14(19)18-16(17-13)22-10-15(20)21-9-12-6-4-3-5-7-12/h3-8,11H,9-10H2,1-2H3,(H,17,18,19). The smallest absolute Gasteiger partial charge is 0.316 e. The van der Waals surface area contributed by atoms with Crippen molar-refractivity contribution in [1.29, 1.82) is 0 Å². The van der Waals surface area contributed by atoms with Crippen LogP contribution in [0.5, 0.6) is 0 Å². The summed E-state index contributed by atoms with van der Waals surface area (Å²) in [6.07, 6.45) is 0. The van der Waals surface area contributed by atoms with Gasteiger partial charge in [0.05, 0.1) is 11.4 Å². The molecule has 0 unspecified atom stereocenters. The van der Waals surface area contributed by atoms with Crippen LogP contribution in [0.1, 0.15) is 31.0 Å². The van der Waals surface area contributed by atoms with Crippen molar-refractivity contribution in [1.82, 2.24) is 9.97 Å². The van der Waals surface area contributed by atoms with Gasteiger partial charge in [0.1, 0.15) is 6.61 Å². The molecule has 0 spiro atoms. The summed E-state index contributed by atoms with van der Waals surface area (Å²) >= 11 is 1.17. The molecule has 0 bridgehead atoms. The van der Waals surface area contributed by atoms with Gasteiger partial charge in [-0.2, -0.15) is 0 Å². The molecule has 0 fully saturated rings. The van der Waals surface area contributed by atoms with E-state index in [0.717, 1.165) is 5.56 Å². The lowest BCUT2D eigenvalue weighted by molar-refractivity contribution is -0.141. The Kier molecular flexibility index (Phi) is 5.77. The number of nitrogens with zero attached hydrogens (tertiary/aromatic N) is 1. The number of nitrogens with one attached hydrogen (secondary N) is 1. The number of hydrogen-bond acceptors (Lipinski definition) is 5. The maximum atomic E-state index is 11.7. The zero-order valence-corrected chi connectivity index (χ0v) is 13.4. The summed E-state index contributed by atoms with van der Waals surface area (Å²) in [5.41, 5.74) is 1.44. The zero-order valence-electron chi connectivity index (χ0n) is 12.5. The molecule has 22 heavy (non-hydrogen) atoms. The molecule has 0 atom stereocenters. The van der Waals surface area contributed by atoms with Gasteiger partial charge in [-0.1, -0.05) is 55.9 Å². The lowest BCUT2D eigenvalue weighted by atomic mass is 10.1. The highest BCUT2D eigenvalue weighted by Crippen LogP contribution is 2.15. The number of carbonyl (C=O) groups is 1. The molecule has 0 amide bonds. The van der Waals surface area contributed by atoms with E-state index in [4.69, 9.17) is 4.74 Å². The van der Waals surface area contributed by atoms with Crippen molar-refractivity contribution in [2.45, 2.75) is 31.5 Å². The first-order chi connectivity index (χ1) is 10.5. The van der Waals surface area contributed by atoms with Crippen molar-refractivity contribution in [3.05, 3.63) is 58.0 Å². The van der Waals surface area contributed by atoms with Crippen LogP contribution in [0.25, 0.3) is 0 Å². The Morgan fingerprint density at radius 3 is 2.73 bits per heavy atom. The van der Waals surface area contributed by atoms with Crippen molar-refractivity contribution in [3.8, 4) is 0 Å². The van der Waals surface area contributed by atoms with Gasteiger partial charge in [0.25, 0.3) is 5.56 Å². The molecule has 0 aliphatic heterocycles. The highest BCUT2D eigenvalue weighted by molar-refractivity contribution is 7.99. The topological polar surface area (TPSA) is 72.0 Å². The van der Waals surface area contributed by atoms with E-state index in [0.29, 0.717) is 10.9 Å². The molecule has 5 nitrogen and oxygen atoms in total. The van der Waals surface area contributed by atoms with Crippen LogP contribution >= 0.6 is 11.8 Å². The second kappa shape index (κ2) is 7.79. The van der Waals surface area contributed by atoms with Crippen LogP contribution in [0.3, 0.4) is 0 Å². The van der Waals surface area contributed by atoms with Gasteiger partial charge in [-0.05, 0) is 11.5 Å². The van der Waals surface area contributed by atoms with Gasteiger partial charge in [0.15, 0.2) is 5.16 Å². The van der Waals surface area contributed by atoms with Gasteiger partial charge < -0.3 is 9.72 Å². The maximum Gasteiger partial charge on any atom is 0.316 e. The number of rotatable bonds is 6. The number of H-pyrrole nitrogens is 1. The first-order valence-electron chi connectivity index (χ1n) is 6.98. The molecule has 0 saturated carbocycles. The highest BCUT2D eigenvalue weighted by Gasteiger charge is 2.09. The van der Waals surface area contributed by atoms with Crippen molar-refractivity contribution >= 4 is 17.7 Å². The number of aromatic amines is 1. The van der Waals surface area contributed by atoms with E-state index in [1.165, 1.54) is 17.8 Å². The Bertz CT molecular complexity index is 683. The molecule has 2 rings (SSSR count). The lowest BCUT2D eigenvalue weighted by Crippen LogP contribution is -2.13.